The molecule has 3 heterocycles. The van der Waals surface area contributed by atoms with E-state index >= 15 is 0 Å². The van der Waals surface area contributed by atoms with Crippen LogP contribution in [0.25, 0.3) is 5.52 Å². The van der Waals surface area contributed by atoms with E-state index in [1.807, 2.05) is 0 Å². The molecule has 2 N–H and O–H groups in total. The number of pyridine rings is 2. The van der Waals surface area contributed by atoms with Crippen LogP contribution in [-0.2, 0) is 0 Å². The van der Waals surface area contributed by atoms with E-state index in [4.69, 9.17) is 4.74 Å². The molecule has 9 heteroatoms. The highest BCUT2D eigenvalue weighted by Gasteiger charge is 2.17. The largest absolute Gasteiger partial charge is 0.487 e. The molecular weight excluding hydrogens is 300 g/mol. The summed E-state index contributed by atoms with van der Waals surface area (Å²) in [6.45, 7) is 3.83. The molecule has 3 rings (SSSR count). The van der Waals surface area contributed by atoms with Crippen LogP contribution >= 0.6 is 0 Å². The molecule has 0 aliphatic heterocycles. The van der Waals surface area contributed by atoms with Crippen LogP contribution < -0.4 is 15.6 Å². The van der Waals surface area contributed by atoms with Gasteiger partial charge < -0.3 is 4.74 Å². The average Bonchev–Trinajstić information content (AvgIpc) is 3.07. The van der Waals surface area contributed by atoms with Gasteiger partial charge in [-0.1, -0.05) is 23.8 Å². The van der Waals surface area contributed by atoms with Crippen molar-refractivity contribution < 1.29 is 9.53 Å². The SMILES string of the molecule is C=CCOc1cc(C(=O)Nc2nnn[nH]2)c(=O)n2ccccc12. The topological polar surface area (TPSA) is 114 Å². The van der Waals surface area contributed by atoms with Crippen LogP contribution in [0.4, 0.5) is 5.95 Å². The van der Waals surface area contributed by atoms with Gasteiger partial charge in [-0.15, -0.1) is 0 Å². The summed E-state index contributed by atoms with van der Waals surface area (Å²) in [5.41, 5.74) is -0.0158. The average molecular weight is 312 g/mol. The van der Waals surface area contributed by atoms with Gasteiger partial charge in [-0.05, 0) is 22.6 Å². The summed E-state index contributed by atoms with van der Waals surface area (Å²) in [6.07, 6.45) is 3.13. The van der Waals surface area contributed by atoms with E-state index in [9.17, 15) is 9.59 Å². The van der Waals surface area contributed by atoms with Crippen molar-refractivity contribution in [2.75, 3.05) is 11.9 Å². The molecule has 0 aliphatic carbocycles. The first-order valence-electron chi connectivity index (χ1n) is 6.64. The number of ether oxygens (including phenoxy) is 1. The number of hydrogen-bond acceptors (Lipinski definition) is 6. The molecule has 0 unspecified atom stereocenters. The molecule has 23 heavy (non-hydrogen) atoms. The standard InChI is InChI=1S/C14H12N6O3/c1-2-7-23-11-8-9(12(21)15-14-16-18-19-17-14)13(22)20-6-4-3-5-10(11)20/h2-6,8H,1,7H2,(H2,15,16,17,18,19,21). The third-order valence-electron chi connectivity index (χ3n) is 3.02. The molecule has 0 saturated carbocycles. The van der Waals surface area contributed by atoms with Gasteiger partial charge in [0, 0.05) is 12.3 Å². The second kappa shape index (κ2) is 6.10. The van der Waals surface area contributed by atoms with Crippen molar-refractivity contribution in [2.24, 2.45) is 0 Å². The van der Waals surface area contributed by atoms with E-state index < -0.39 is 11.5 Å². The van der Waals surface area contributed by atoms with Crippen LogP contribution in [0.5, 0.6) is 5.75 Å². The van der Waals surface area contributed by atoms with E-state index in [0.29, 0.717) is 11.3 Å². The Balaban J connectivity index is 2.09. The number of hydrogen-bond donors (Lipinski definition) is 2. The lowest BCUT2D eigenvalue weighted by atomic mass is 10.2. The minimum atomic E-state index is -0.643. The molecule has 0 saturated heterocycles. The highest BCUT2D eigenvalue weighted by Crippen LogP contribution is 2.19. The zero-order valence-electron chi connectivity index (χ0n) is 11.9. The van der Waals surface area contributed by atoms with Crippen molar-refractivity contribution in [1.82, 2.24) is 25.0 Å². The third kappa shape index (κ3) is 2.79. The summed E-state index contributed by atoms with van der Waals surface area (Å²) < 4.78 is 6.88. The molecule has 3 aromatic heterocycles. The molecule has 116 valence electrons. The van der Waals surface area contributed by atoms with Gasteiger partial charge in [0.05, 0.1) is 5.52 Å². The summed E-state index contributed by atoms with van der Waals surface area (Å²) in [6, 6.07) is 6.57. The van der Waals surface area contributed by atoms with Gasteiger partial charge in [-0.2, -0.15) is 0 Å². The molecule has 1 amide bonds. The number of nitrogens with zero attached hydrogens (tertiary/aromatic N) is 4. The van der Waals surface area contributed by atoms with E-state index in [-0.39, 0.29) is 18.1 Å². The monoisotopic (exact) mass is 312 g/mol. The Morgan fingerprint density at radius 3 is 3.09 bits per heavy atom. The number of aromatic nitrogens is 5. The number of nitrogens with one attached hydrogen (secondary N) is 2. The molecule has 0 aromatic carbocycles. The zero-order valence-corrected chi connectivity index (χ0v) is 11.9. The molecule has 0 spiro atoms. The predicted octanol–water partition coefficient (Wildman–Crippen LogP) is 0.630. The quantitative estimate of drug-likeness (QED) is 0.668. The number of carbonyl (C=O) groups excluding carboxylic acids is 1. The normalized spacial score (nSPS) is 10.4. The minimum Gasteiger partial charge on any atom is -0.487 e. The maximum absolute atomic E-state index is 12.5. The van der Waals surface area contributed by atoms with Gasteiger partial charge in [-0.25, -0.2) is 5.10 Å². The molecule has 0 bridgehead atoms. The van der Waals surface area contributed by atoms with Crippen LogP contribution in [0.15, 0.2) is 47.9 Å². The van der Waals surface area contributed by atoms with Crippen LogP contribution in [0, 0.1) is 0 Å². The Bertz CT molecular complexity index is 916. The molecule has 0 radical (unpaired) electrons. The Hall–Kier alpha value is -3.49. The first-order valence-corrected chi connectivity index (χ1v) is 6.64. The Kier molecular flexibility index (Phi) is 3.83. The lowest BCUT2D eigenvalue weighted by Gasteiger charge is -2.10. The highest BCUT2D eigenvalue weighted by atomic mass is 16.5. The van der Waals surface area contributed by atoms with Gasteiger partial charge >= 0.3 is 0 Å². The summed E-state index contributed by atoms with van der Waals surface area (Å²) in [5, 5.41) is 15.0. The molecule has 0 fully saturated rings. The summed E-state index contributed by atoms with van der Waals surface area (Å²) in [4.78, 5) is 24.8. The van der Waals surface area contributed by atoms with Gasteiger partial charge in [0.2, 0.25) is 5.95 Å². The van der Waals surface area contributed by atoms with Gasteiger partial charge in [0.15, 0.2) is 0 Å². The van der Waals surface area contributed by atoms with E-state index in [2.05, 4.69) is 32.5 Å². The van der Waals surface area contributed by atoms with Crippen molar-refractivity contribution in [3.8, 4) is 5.75 Å². The first-order chi connectivity index (χ1) is 11.2. The fourth-order valence-corrected chi connectivity index (χ4v) is 2.03. The lowest BCUT2D eigenvalue weighted by molar-refractivity contribution is 0.102. The predicted molar refractivity (Wildman–Crippen MR) is 81.5 cm³/mol. The van der Waals surface area contributed by atoms with Crippen molar-refractivity contribution in [2.45, 2.75) is 0 Å². The minimum absolute atomic E-state index is 0.0427. The molecule has 0 aliphatic rings. The Morgan fingerprint density at radius 1 is 1.48 bits per heavy atom. The maximum Gasteiger partial charge on any atom is 0.268 e. The molecular formula is C14H12N6O3. The zero-order chi connectivity index (χ0) is 16.2. The third-order valence-corrected chi connectivity index (χ3v) is 3.02. The van der Waals surface area contributed by atoms with Crippen molar-refractivity contribution in [3.05, 3.63) is 59.0 Å². The van der Waals surface area contributed by atoms with Gasteiger partial charge in [0.25, 0.3) is 11.5 Å². The smallest absolute Gasteiger partial charge is 0.268 e. The number of amides is 1. The highest BCUT2D eigenvalue weighted by molar-refractivity contribution is 6.03. The van der Waals surface area contributed by atoms with Crippen molar-refractivity contribution in [3.63, 3.8) is 0 Å². The first kappa shape index (κ1) is 14.4. The number of aromatic amines is 1. The fourth-order valence-electron chi connectivity index (χ4n) is 2.03. The fraction of sp³-hybridized carbons (Fsp3) is 0.0714. The van der Waals surface area contributed by atoms with Crippen LogP contribution in [0.2, 0.25) is 0 Å². The summed E-state index contributed by atoms with van der Waals surface area (Å²) >= 11 is 0. The van der Waals surface area contributed by atoms with Crippen LogP contribution in [0.1, 0.15) is 10.4 Å². The summed E-state index contributed by atoms with van der Waals surface area (Å²) in [7, 11) is 0. The molecule has 0 atom stereocenters. The number of anilines is 1. The van der Waals surface area contributed by atoms with Crippen LogP contribution in [-0.4, -0.2) is 37.5 Å². The Morgan fingerprint density at radius 2 is 2.35 bits per heavy atom. The molecule has 9 nitrogen and oxygen atoms in total. The molecule has 3 aromatic rings. The number of fused-ring (bicyclic) bond motifs is 1. The second-order valence-electron chi connectivity index (χ2n) is 4.49. The van der Waals surface area contributed by atoms with E-state index in [1.54, 1.807) is 30.5 Å². The van der Waals surface area contributed by atoms with E-state index in [1.165, 1.54) is 10.5 Å². The second-order valence-corrected chi connectivity index (χ2v) is 4.49. The number of tetrazole rings is 1. The number of rotatable bonds is 5. The van der Waals surface area contributed by atoms with Gasteiger partial charge in [-0.3, -0.25) is 19.3 Å². The maximum atomic E-state index is 12.5. The number of H-pyrrole nitrogens is 1. The summed E-state index contributed by atoms with van der Waals surface area (Å²) in [5.74, 6) is -0.206. The number of carbonyl (C=O) groups is 1. The Labute approximate surface area is 129 Å². The van der Waals surface area contributed by atoms with Crippen LogP contribution in [0.3, 0.4) is 0 Å². The lowest BCUT2D eigenvalue weighted by Crippen LogP contribution is -2.26. The van der Waals surface area contributed by atoms with Crippen molar-refractivity contribution in [1.29, 1.82) is 0 Å². The van der Waals surface area contributed by atoms with Gasteiger partial charge in [0.1, 0.15) is 17.9 Å². The van der Waals surface area contributed by atoms with E-state index in [0.717, 1.165) is 0 Å². The van der Waals surface area contributed by atoms with Crippen molar-refractivity contribution >= 4 is 17.4 Å².